The minimum Gasteiger partial charge on any atom is -0.477 e. The number of likely N-dealkylation sites (tertiary alicyclic amines) is 1. The third-order valence-corrected chi connectivity index (χ3v) is 8.47. The molecule has 3 heterocycles. The summed E-state index contributed by atoms with van der Waals surface area (Å²) in [6, 6.07) is -0.902. The number of carboxylic acid groups (broad SMARTS) is 1. The molecule has 0 aromatic heterocycles. The van der Waals surface area contributed by atoms with Crippen molar-refractivity contribution >= 4 is 35.8 Å². The van der Waals surface area contributed by atoms with E-state index in [1.54, 1.807) is 7.05 Å². The highest BCUT2D eigenvalue weighted by atomic mass is 32.2. The van der Waals surface area contributed by atoms with Crippen molar-refractivity contribution in [1.29, 1.82) is 0 Å². The van der Waals surface area contributed by atoms with E-state index in [4.69, 9.17) is 9.47 Å². The van der Waals surface area contributed by atoms with E-state index in [1.807, 2.05) is 6.92 Å². The molecular formula is C26H35N3O8S. The highest BCUT2D eigenvalue weighted by Gasteiger charge is 2.60. The zero-order valence-electron chi connectivity index (χ0n) is 21.9. The normalized spacial score (nSPS) is 26.8. The fourth-order valence-corrected chi connectivity index (χ4v) is 6.78. The van der Waals surface area contributed by atoms with Crippen molar-refractivity contribution in [3.05, 3.63) is 48.1 Å². The minimum atomic E-state index is -1.21. The number of likely N-dealkylation sites (N-methyl/N-ethyl adjacent to an activating group) is 1. The molecule has 3 rings (SSSR count). The van der Waals surface area contributed by atoms with E-state index in [9.17, 15) is 29.4 Å². The number of amides is 3. The highest BCUT2D eigenvalue weighted by molar-refractivity contribution is 8.03. The molecule has 0 spiro atoms. The molecule has 11 nitrogen and oxygen atoms in total. The molecule has 6 atom stereocenters. The number of aliphatic hydroxyl groups excluding tert-OH is 1. The van der Waals surface area contributed by atoms with E-state index in [0.717, 1.165) is 0 Å². The van der Waals surface area contributed by atoms with Crippen molar-refractivity contribution in [2.45, 2.75) is 43.7 Å². The number of nitrogens with zero attached hydrogens (tertiary/aromatic N) is 3. The lowest BCUT2D eigenvalue weighted by Crippen LogP contribution is -2.63. The number of hydrogen-bond donors (Lipinski definition) is 2. The Hall–Kier alpha value is -3.25. The Bertz CT molecular complexity index is 1060. The van der Waals surface area contributed by atoms with E-state index in [0.29, 0.717) is 16.9 Å². The summed E-state index contributed by atoms with van der Waals surface area (Å²) >= 11 is 1.32. The van der Waals surface area contributed by atoms with E-state index in [-0.39, 0.29) is 43.2 Å². The van der Waals surface area contributed by atoms with Gasteiger partial charge in [-0.1, -0.05) is 38.8 Å². The molecule has 3 aliphatic rings. The zero-order valence-corrected chi connectivity index (χ0v) is 22.7. The van der Waals surface area contributed by atoms with Crippen LogP contribution in [0, 0.1) is 11.8 Å². The number of β-lactam (4-membered cyclic amide) rings is 1. The van der Waals surface area contributed by atoms with Crippen LogP contribution in [0.2, 0.25) is 0 Å². The SMILES string of the molecule is C=CCOC(=O)N(C)CC(=C)[C@@H]1C[C@H](SC2=C(C(=O)O)N3C(=O)[C@H]([C@@H](C)O)[C@H]3[C@H]2C)CN1C(=O)OCC=C. The average molecular weight is 550 g/mol. The third kappa shape index (κ3) is 5.60. The standard InChI is InChI=1S/C26H35N3O8S/c1-7-9-36-25(34)27(6)12-14(3)18-11-17(13-28(18)26(35)37-10-8-2)38-22-15(4)20-19(16(5)30)23(31)29(20)21(22)24(32)33/h7-8,15-20,30H,1-3,9-13H2,4-6H3,(H,32,33)/t15-,16-,17+,18+,19-,20-/m1/s1. The summed E-state index contributed by atoms with van der Waals surface area (Å²) in [5.74, 6) is -2.56. The highest BCUT2D eigenvalue weighted by Crippen LogP contribution is 2.52. The molecule has 0 radical (unpaired) electrons. The van der Waals surface area contributed by atoms with Crippen molar-refractivity contribution in [3.8, 4) is 0 Å². The van der Waals surface area contributed by atoms with Crippen LogP contribution < -0.4 is 0 Å². The van der Waals surface area contributed by atoms with Gasteiger partial charge in [-0.15, -0.1) is 11.8 Å². The maximum absolute atomic E-state index is 12.9. The van der Waals surface area contributed by atoms with Crippen LogP contribution in [0.4, 0.5) is 9.59 Å². The zero-order chi connectivity index (χ0) is 28.3. The molecule has 0 aromatic rings. The molecule has 3 amide bonds. The third-order valence-electron chi connectivity index (χ3n) is 6.97. The Morgan fingerprint density at radius 2 is 1.87 bits per heavy atom. The lowest BCUT2D eigenvalue weighted by molar-refractivity contribution is -0.163. The predicted molar refractivity (Wildman–Crippen MR) is 141 cm³/mol. The Morgan fingerprint density at radius 3 is 2.45 bits per heavy atom. The van der Waals surface area contributed by atoms with Crippen LogP contribution in [0.3, 0.4) is 0 Å². The summed E-state index contributed by atoms with van der Waals surface area (Å²) in [4.78, 5) is 54.6. The molecule has 2 saturated heterocycles. The summed E-state index contributed by atoms with van der Waals surface area (Å²) < 4.78 is 10.3. The number of fused-ring (bicyclic) bond motifs is 1. The van der Waals surface area contributed by atoms with E-state index < -0.39 is 48.2 Å². The number of aliphatic hydroxyl groups is 1. The van der Waals surface area contributed by atoms with Gasteiger partial charge in [-0.3, -0.25) is 4.79 Å². The monoisotopic (exact) mass is 549 g/mol. The van der Waals surface area contributed by atoms with Crippen LogP contribution in [-0.2, 0) is 19.1 Å². The number of carbonyl (C=O) groups excluding carboxylic acids is 3. The Labute approximate surface area is 226 Å². The first-order chi connectivity index (χ1) is 17.9. The molecule has 2 N–H and O–H groups in total. The van der Waals surface area contributed by atoms with Gasteiger partial charge in [0.15, 0.2) is 0 Å². The van der Waals surface area contributed by atoms with Crippen molar-refractivity contribution < 1.29 is 38.9 Å². The van der Waals surface area contributed by atoms with E-state index >= 15 is 0 Å². The quantitative estimate of drug-likeness (QED) is 0.294. The van der Waals surface area contributed by atoms with Crippen LogP contribution in [0.25, 0.3) is 0 Å². The Kier molecular flexibility index (Phi) is 9.31. The van der Waals surface area contributed by atoms with Crippen LogP contribution >= 0.6 is 11.8 Å². The summed E-state index contributed by atoms with van der Waals surface area (Å²) in [5.41, 5.74) is 0.518. The van der Waals surface area contributed by atoms with E-state index in [1.165, 1.54) is 45.5 Å². The number of aliphatic carboxylic acids is 1. The number of hydrogen-bond acceptors (Lipinski definition) is 8. The maximum atomic E-state index is 12.9. The van der Waals surface area contributed by atoms with Gasteiger partial charge in [-0.2, -0.15) is 0 Å². The van der Waals surface area contributed by atoms with Gasteiger partial charge in [-0.25, -0.2) is 14.4 Å². The van der Waals surface area contributed by atoms with Crippen molar-refractivity contribution in [2.75, 3.05) is 33.4 Å². The predicted octanol–water partition coefficient (Wildman–Crippen LogP) is 2.45. The fraction of sp³-hybridized carbons (Fsp3) is 0.538. The number of rotatable bonds is 11. The lowest BCUT2D eigenvalue weighted by Gasteiger charge is -2.46. The smallest absolute Gasteiger partial charge is 0.410 e. The van der Waals surface area contributed by atoms with Gasteiger partial charge in [0.05, 0.1) is 24.1 Å². The van der Waals surface area contributed by atoms with Crippen LogP contribution in [0.15, 0.2) is 48.1 Å². The van der Waals surface area contributed by atoms with Crippen LogP contribution in [0.5, 0.6) is 0 Å². The molecule has 12 heteroatoms. The second-order valence-corrected chi connectivity index (χ2v) is 11.0. The molecule has 0 unspecified atom stereocenters. The van der Waals surface area contributed by atoms with Gasteiger partial charge in [0.25, 0.3) is 0 Å². The van der Waals surface area contributed by atoms with Gasteiger partial charge in [0, 0.05) is 36.2 Å². The topological polar surface area (TPSA) is 137 Å². The maximum Gasteiger partial charge on any atom is 0.410 e. The first-order valence-corrected chi connectivity index (χ1v) is 13.2. The Morgan fingerprint density at radius 1 is 1.24 bits per heavy atom. The molecule has 0 aromatic carbocycles. The van der Waals surface area contributed by atoms with Gasteiger partial charge in [-0.05, 0) is 18.9 Å². The molecule has 0 saturated carbocycles. The lowest BCUT2D eigenvalue weighted by atomic mass is 9.79. The molecule has 208 valence electrons. The summed E-state index contributed by atoms with van der Waals surface area (Å²) in [6.45, 7) is 15.0. The second-order valence-electron chi connectivity index (χ2n) is 9.66. The van der Waals surface area contributed by atoms with Crippen molar-refractivity contribution in [3.63, 3.8) is 0 Å². The van der Waals surface area contributed by atoms with Crippen molar-refractivity contribution in [1.82, 2.24) is 14.7 Å². The van der Waals surface area contributed by atoms with Crippen LogP contribution in [-0.4, -0.2) is 106 Å². The largest absolute Gasteiger partial charge is 0.477 e. The number of thioether (sulfide) groups is 1. The molecule has 2 fully saturated rings. The van der Waals surface area contributed by atoms with Crippen molar-refractivity contribution in [2.24, 2.45) is 11.8 Å². The molecule has 0 bridgehead atoms. The van der Waals surface area contributed by atoms with E-state index in [2.05, 4.69) is 19.7 Å². The number of ether oxygens (including phenoxy) is 2. The first kappa shape index (κ1) is 29.3. The average Bonchev–Trinajstić information content (AvgIpc) is 3.38. The minimum absolute atomic E-state index is 0.0188. The molecular weight excluding hydrogens is 514 g/mol. The summed E-state index contributed by atoms with van der Waals surface area (Å²) in [6.07, 6.45) is 1.32. The molecule has 0 aliphatic carbocycles. The summed E-state index contributed by atoms with van der Waals surface area (Å²) in [5, 5.41) is 19.8. The number of carbonyl (C=O) groups is 4. The molecule has 3 aliphatic heterocycles. The van der Waals surface area contributed by atoms with Gasteiger partial charge >= 0.3 is 18.2 Å². The van der Waals surface area contributed by atoms with Gasteiger partial charge in [0.2, 0.25) is 5.91 Å². The first-order valence-electron chi connectivity index (χ1n) is 12.3. The Balaban J connectivity index is 1.80. The van der Waals surface area contributed by atoms with Crippen LogP contribution in [0.1, 0.15) is 20.3 Å². The molecule has 38 heavy (non-hydrogen) atoms. The second kappa shape index (κ2) is 12.1. The summed E-state index contributed by atoms with van der Waals surface area (Å²) in [7, 11) is 1.56. The van der Waals surface area contributed by atoms with Gasteiger partial charge < -0.3 is 34.4 Å². The van der Waals surface area contributed by atoms with Gasteiger partial charge in [0.1, 0.15) is 18.9 Å². The number of carboxylic acids is 1. The fourth-order valence-electron chi connectivity index (χ4n) is 5.26.